The molecule has 0 bridgehead atoms. The van der Waals surface area contributed by atoms with E-state index >= 15 is 0 Å². The average molecular weight is 278 g/mol. The Kier molecular flexibility index (Phi) is 3.69. The molecule has 0 saturated carbocycles. The zero-order chi connectivity index (χ0) is 14.9. The van der Waals surface area contributed by atoms with E-state index in [0.717, 1.165) is 0 Å². The van der Waals surface area contributed by atoms with Crippen molar-refractivity contribution < 1.29 is 9.31 Å². The topological polar surface area (TPSA) is 87.0 Å². The number of halogens is 1. The quantitative estimate of drug-likeness (QED) is 0.688. The average Bonchev–Trinajstić information content (AvgIpc) is 2.67. The van der Waals surface area contributed by atoms with Gasteiger partial charge in [0.05, 0.1) is 11.0 Å². The fourth-order valence-corrected chi connectivity index (χ4v) is 2.19. The van der Waals surface area contributed by atoms with Gasteiger partial charge in [-0.2, -0.15) is 5.10 Å². The van der Waals surface area contributed by atoms with Gasteiger partial charge in [-0.15, -0.1) is 0 Å². The molecule has 2 N–H and O–H groups in total. The highest BCUT2D eigenvalue weighted by Gasteiger charge is 2.25. The molecule has 1 atom stereocenters. The Bertz CT molecular complexity index is 654. The van der Waals surface area contributed by atoms with Crippen LogP contribution in [0.3, 0.4) is 0 Å². The van der Waals surface area contributed by atoms with Crippen molar-refractivity contribution >= 4 is 11.5 Å². The highest BCUT2D eigenvalue weighted by atomic mass is 19.1. The van der Waals surface area contributed by atoms with Gasteiger partial charge >= 0.3 is 5.69 Å². The molecule has 0 radical (unpaired) electrons. The van der Waals surface area contributed by atoms with Crippen LogP contribution in [0.25, 0.3) is 0 Å². The van der Waals surface area contributed by atoms with Crippen LogP contribution in [-0.2, 0) is 6.42 Å². The van der Waals surface area contributed by atoms with E-state index in [2.05, 4.69) is 5.10 Å². The normalized spacial score (nSPS) is 12.3. The first-order valence-electron chi connectivity index (χ1n) is 6.14. The lowest BCUT2D eigenvalue weighted by Gasteiger charge is -2.13. The van der Waals surface area contributed by atoms with Crippen LogP contribution in [0, 0.1) is 22.9 Å². The molecule has 0 fully saturated rings. The van der Waals surface area contributed by atoms with E-state index in [1.54, 1.807) is 25.1 Å². The molecule has 0 aliphatic rings. The second-order valence-corrected chi connectivity index (χ2v) is 4.67. The summed E-state index contributed by atoms with van der Waals surface area (Å²) in [7, 11) is 0. The fraction of sp³-hybridized carbons (Fsp3) is 0.308. The van der Waals surface area contributed by atoms with Gasteiger partial charge in [0, 0.05) is 0 Å². The molecule has 2 aromatic rings. The second kappa shape index (κ2) is 5.28. The van der Waals surface area contributed by atoms with Crippen molar-refractivity contribution in [3.8, 4) is 0 Å². The number of nitro groups is 1. The van der Waals surface area contributed by atoms with Crippen LogP contribution in [0.5, 0.6) is 0 Å². The minimum Gasteiger partial charge on any atom is -0.378 e. The van der Waals surface area contributed by atoms with Crippen molar-refractivity contribution in [3.63, 3.8) is 0 Å². The number of hydrogen-bond donors (Lipinski definition) is 1. The van der Waals surface area contributed by atoms with Gasteiger partial charge in [0.1, 0.15) is 11.5 Å². The molecule has 0 aliphatic heterocycles. The summed E-state index contributed by atoms with van der Waals surface area (Å²) in [6, 6.07) is 6.13. The van der Waals surface area contributed by atoms with E-state index in [4.69, 9.17) is 5.73 Å². The highest BCUT2D eigenvalue weighted by Crippen LogP contribution is 2.29. The molecular weight excluding hydrogens is 263 g/mol. The number of nitrogen functional groups attached to an aromatic ring is 1. The number of anilines is 1. The highest BCUT2D eigenvalue weighted by molar-refractivity contribution is 5.56. The molecule has 1 aromatic heterocycles. The molecule has 6 nitrogen and oxygen atoms in total. The number of benzene rings is 1. The third-order valence-corrected chi connectivity index (χ3v) is 3.16. The summed E-state index contributed by atoms with van der Waals surface area (Å²) >= 11 is 0. The predicted molar refractivity (Wildman–Crippen MR) is 72.8 cm³/mol. The number of hydrogen-bond acceptors (Lipinski definition) is 4. The Morgan fingerprint density at radius 1 is 1.50 bits per heavy atom. The summed E-state index contributed by atoms with van der Waals surface area (Å²) < 4.78 is 15.0. The first-order valence-corrected chi connectivity index (χ1v) is 6.14. The summed E-state index contributed by atoms with van der Waals surface area (Å²) in [5.41, 5.74) is 6.35. The van der Waals surface area contributed by atoms with E-state index in [1.165, 1.54) is 17.7 Å². The van der Waals surface area contributed by atoms with Crippen molar-refractivity contribution in [2.75, 3.05) is 5.73 Å². The van der Waals surface area contributed by atoms with E-state index in [9.17, 15) is 14.5 Å². The van der Waals surface area contributed by atoms with Crippen LogP contribution in [0.2, 0.25) is 0 Å². The monoisotopic (exact) mass is 278 g/mol. The maximum atomic E-state index is 13.6. The van der Waals surface area contributed by atoms with Gasteiger partial charge in [-0.25, -0.2) is 9.07 Å². The molecule has 1 heterocycles. The number of nitrogens with zero attached hydrogens (tertiary/aromatic N) is 3. The fourth-order valence-electron chi connectivity index (χ4n) is 2.19. The molecule has 0 spiro atoms. The molecule has 20 heavy (non-hydrogen) atoms. The van der Waals surface area contributed by atoms with E-state index < -0.39 is 4.92 Å². The first kappa shape index (κ1) is 14.0. The molecule has 0 amide bonds. The zero-order valence-corrected chi connectivity index (χ0v) is 11.2. The van der Waals surface area contributed by atoms with E-state index in [1.807, 2.05) is 0 Å². The third-order valence-electron chi connectivity index (χ3n) is 3.16. The molecule has 0 saturated heterocycles. The summed E-state index contributed by atoms with van der Waals surface area (Å²) in [5, 5.41) is 15.0. The second-order valence-electron chi connectivity index (χ2n) is 4.67. The van der Waals surface area contributed by atoms with Gasteiger partial charge in [-0.05, 0) is 31.9 Å². The predicted octanol–water partition coefficient (Wildman–Crippen LogP) is 2.62. The van der Waals surface area contributed by atoms with E-state index in [-0.39, 0.29) is 29.1 Å². The SMILES string of the molecule is Cc1nn(C(C)Cc2ccccc2F)c(N)c1[N+](=O)[O-]. The van der Waals surface area contributed by atoms with Gasteiger partial charge in [-0.1, -0.05) is 18.2 Å². The van der Waals surface area contributed by atoms with Crippen LogP contribution in [0.15, 0.2) is 24.3 Å². The summed E-state index contributed by atoms with van der Waals surface area (Å²) in [6.45, 7) is 3.32. The van der Waals surface area contributed by atoms with E-state index in [0.29, 0.717) is 12.0 Å². The summed E-state index contributed by atoms with van der Waals surface area (Å²) in [5.74, 6) is -0.312. The molecule has 0 aliphatic carbocycles. The maximum Gasteiger partial charge on any atom is 0.333 e. The standard InChI is InChI=1S/C13H15FN4O2/c1-8(7-10-5-3-4-6-11(10)14)17-13(15)12(18(19)20)9(2)16-17/h3-6,8H,7,15H2,1-2H3. The van der Waals surface area contributed by atoms with Gasteiger partial charge in [0.15, 0.2) is 0 Å². The van der Waals surface area contributed by atoms with Gasteiger partial charge in [0.2, 0.25) is 5.82 Å². The molecule has 7 heteroatoms. The molecular formula is C13H15FN4O2. The number of aryl methyl sites for hydroxylation is 1. The maximum absolute atomic E-state index is 13.6. The van der Waals surface area contributed by atoms with Crippen molar-refractivity contribution in [2.24, 2.45) is 0 Å². The molecule has 1 aromatic carbocycles. The zero-order valence-electron chi connectivity index (χ0n) is 11.2. The number of nitrogens with two attached hydrogens (primary N) is 1. The lowest BCUT2D eigenvalue weighted by atomic mass is 10.1. The smallest absolute Gasteiger partial charge is 0.333 e. The molecule has 2 rings (SSSR count). The minimum atomic E-state index is -0.552. The summed E-state index contributed by atoms with van der Waals surface area (Å²) in [6.07, 6.45) is 0.356. The lowest BCUT2D eigenvalue weighted by Crippen LogP contribution is -2.13. The number of rotatable bonds is 4. The van der Waals surface area contributed by atoms with Crippen molar-refractivity contribution in [1.82, 2.24) is 9.78 Å². The van der Waals surface area contributed by atoms with Crippen molar-refractivity contribution in [1.29, 1.82) is 0 Å². The summed E-state index contributed by atoms with van der Waals surface area (Å²) in [4.78, 5) is 10.4. The lowest BCUT2D eigenvalue weighted by molar-refractivity contribution is -0.384. The third kappa shape index (κ3) is 2.47. The first-order chi connectivity index (χ1) is 9.41. The Morgan fingerprint density at radius 2 is 2.15 bits per heavy atom. The Balaban J connectivity index is 2.31. The van der Waals surface area contributed by atoms with Gasteiger partial charge in [0.25, 0.3) is 0 Å². The number of aromatic nitrogens is 2. The molecule has 1 unspecified atom stereocenters. The Hall–Kier alpha value is -2.44. The molecule has 106 valence electrons. The van der Waals surface area contributed by atoms with Crippen molar-refractivity contribution in [2.45, 2.75) is 26.3 Å². The van der Waals surface area contributed by atoms with Crippen molar-refractivity contribution in [3.05, 3.63) is 51.5 Å². The minimum absolute atomic E-state index is 0.00339. The largest absolute Gasteiger partial charge is 0.378 e. The Morgan fingerprint density at radius 3 is 2.70 bits per heavy atom. The van der Waals surface area contributed by atoms with Crippen LogP contribution >= 0.6 is 0 Å². The van der Waals surface area contributed by atoms with Gasteiger partial charge < -0.3 is 5.73 Å². The van der Waals surface area contributed by atoms with Crippen LogP contribution in [0.4, 0.5) is 15.9 Å². The van der Waals surface area contributed by atoms with Gasteiger partial charge in [-0.3, -0.25) is 10.1 Å². The van der Waals surface area contributed by atoms with Crippen LogP contribution in [0.1, 0.15) is 24.2 Å². The van der Waals surface area contributed by atoms with Crippen LogP contribution in [-0.4, -0.2) is 14.7 Å². The van der Waals surface area contributed by atoms with Crippen LogP contribution < -0.4 is 5.73 Å². The Labute approximate surface area is 115 Å².